The fourth-order valence-corrected chi connectivity index (χ4v) is 3.55. The van der Waals surface area contributed by atoms with Crippen LogP contribution in [0.3, 0.4) is 0 Å². The first-order chi connectivity index (χ1) is 15.0. The molecule has 4 rings (SSSR count). The summed E-state index contributed by atoms with van der Waals surface area (Å²) in [4.78, 5) is 23.6. The number of nitrogens with zero attached hydrogens (tertiary/aromatic N) is 1. The van der Waals surface area contributed by atoms with Gasteiger partial charge in [-0.3, -0.25) is 4.98 Å². The molecule has 31 heavy (non-hydrogen) atoms. The summed E-state index contributed by atoms with van der Waals surface area (Å²) >= 11 is 0. The van der Waals surface area contributed by atoms with Crippen LogP contribution >= 0.6 is 0 Å². The van der Waals surface area contributed by atoms with Crippen LogP contribution in [0.4, 0.5) is 5.69 Å². The minimum Gasteiger partial charge on any atom is -0.545 e. The Morgan fingerprint density at radius 2 is 1.68 bits per heavy atom. The summed E-state index contributed by atoms with van der Waals surface area (Å²) in [6.45, 7) is 0.744. The van der Waals surface area contributed by atoms with Crippen LogP contribution in [0.5, 0.6) is 0 Å². The molecule has 0 fully saturated rings. The van der Waals surface area contributed by atoms with Crippen LogP contribution in [0.25, 0.3) is 10.9 Å². The predicted octanol–water partition coefficient (Wildman–Crippen LogP) is 1.26. The lowest BCUT2D eigenvalue weighted by Crippen LogP contribution is -2.23. The molecule has 7 nitrogen and oxygen atoms in total. The molecule has 0 saturated heterocycles. The van der Waals surface area contributed by atoms with Gasteiger partial charge < -0.3 is 30.2 Å². The molecule has 1 aromatic heterocycles. The summed E-state index contributed by atoms with van der Waals surface area (Å²) in [6, 6.07) is 18.5. The number of hydrogen-bond acceptors (Lipinski definition) is 7. The van der Waals surface area contributed by atoms with Gasteiger partial charge in [-0.15, -0.1) is 0 Å². The number of carboxylic acids is 2. The van der Waals surface area contributed by atoms with Gasteiger partial charge in [-0.2, -0.15) is 0 Å². The van der Waals surface area contributed by atoms with Crippen molar-refractivity contribution in [1.82, 2.24) is 4.98 Å². The lowest BCUT2D eigenvalue weighted by molar-refractivity contribution is -0.301. The second-order valence-corrected chi connectivity index (χ2v) is 7.08. The van der Waals surface area contributed by atoms with E-state index >= 15 is 0 Å². The Bertz CT molecular complexity index is 1080. The van der Waals surface area contributed by atoms with Gasteiger partial charge in [0.05, 0.1) is 29.2 Å². The van der Waals surface area contributed by atoms with Gasteiger partial charge in [0.2, 0.25) is 0 Å². The Labute approximate surface area is 179 Å². The van der Waals surface area contributed by atoms with E-state index < -0.39 is 18.0 Å². The zero-order valence-corrected chi connectivity index (χ0v) is 16.8. The van der Waals surface area contributed by atoms with Crippen LogP contribution in [0.15, 0.2) is 66.7 Å². The number of pyridine rings is 1. The first-order valence-corrected chi connectivity index (χ1v) is 9.93. The van der Waals surface area contributed by atoms with E-state index in [1.165, 1.54) is 5.56 Å². The largest absolute Gasteiger partial charge is 0.545 e. The molecule has 1 heterocycles. The maximum Gasteiger partial charge on any atom is 0.0828 e. The molecule has 0 aliphatic heterocycles. The van der Waals surface area contributed by atoms with Gasteiger partial charge >= 0.3 is 0 Å². The van der Waals surface area contributed by atoms with Crippen molar-refractivity contribution < 1.29 is 24.9 Å². The number of carbonyl (C=O) groups excluding carboxylic acids is 2. The molecule has 0 radical (unpaired) electrons. The number of carboxylic acid groups (broad SMARTS) is 2. The summed E-state index contributed by atoms with van der Waals surface area (Å²) in [6.07, 6.45) is 3.10. The number of aliphatic carboxylic acids is 2. The Balaban J connectivity index is 0.000000293. The number of para-hydroxylation sites is 1. The molecule has 1 atom stereocenters. The number of benzene rings is 2. The average molecular weight is 418 g/mol. The van der Waals surface area contributed by atoms with E-state index in [4.69, 9.17) is 4.98 Å². The highest BCUT2D eigenvalue weighted by Gasteiger charge is 2.24. The van der Waals surface area contributed by atoms with Gasteiger partial charge in [-0.05, 0) is 43.0 Å². The highest BCUT2D eigenvalue weighted by molar-refractivity contribution is 5.93. The van der Waals surface area contributed by atoms with Crippen molar-refractivity contribution in [2.75, 3.05) is 5.32 Å². The highest BCUT2D eigenvalue weighted by Crippen LogP contribution is 2.38. The molecule has 1 unspecified atom stereocenters. The number of carbonyl (C=O) groups is 2. The maximum absolute atomic E-state index is 10.5. The fourth-order valence-electron chi connectivity index (χ4n) is 3.55. The van der Waals surface area contributed by atoms with Gasteiger partial charge in [0, 0.05) is 23.2 Å². The average Bonchev–Trinajstić information content (AvgIpc) is 2.76. The number of aromatic nitrogens is 1. The molecular weight excluding hydrogens is 396 g/mol. The van der Waals surface area contributed by atoms with Gasteiger partial charge in [-0.1, -0.05) is 48.5 Å². The number of aryl methyl sites for hydroxylation is 1. The van der Waals surface area contributed by atoms with Crippen molar-refractivity contribution in [2.24, 2.45) is 0 Å². The second-order valence-electron chi connectivity index (χ2n) is 7.08. The third kappa shape index (κ3) is 5.90. The minimum atomic E-state index is -1.55. The summed E-state index contributed by atoms with van der Waals surface area (Å²) in [5.41, 5.74) is 5.30. The highest BCUT2D eigenvalue weighted by atomic mass is 16.4. The van der Waals surface area contributed by atoms with Crippen LogP contribution in [0.1, 0.15) is 35.8 Å². The van der Waals surface area contributed by atoms with E-state index in [-0.39, 0.29) is 0 Å². The summed E-state index contributed by atoms with van der Waals surface area (Å²) < 4.78 is 0. The van der Waals surface area contributed by atoms with Crippen molar-refractivity contribution >= 4 is 28.5 Å². The zero-order chi connectivity index (χ0) is 22.2. The number of rotatable bonds is 5. The molecule has 0 bridgehead atoms. The van der Waals surface area contributed by atoms with E-state index in [1.807, 2.05) is 36.4 Å². The molecule has 0 saturated carbocycles. The van der Waals surface area contributed by atoms with Crippen molar-refractivity contribution in [3.8, 4) is 0 Å². The summed E-state index contributed by atoms with van der Waals surface area (Å²) in [5, 5.41) is 34.0. The lowest BCUT2D eigenvalue weighted by Gasteiger charge is -2.25. The van der Waals surface area contributed by atoms with E-state index in [2.05, 4.69) is 23.5 Å². The predicted molar refractivity (Wildman–Crippen MR) is 113 cm³/mol. The number of nitrogens with one attached hydrogen (secondary N) is 1. The van der Waals surface area contributed by atoms with Crippen molar-refractivity contribution in [1.29, 1.82) is 0 Å². The Morgan fingerprint density at radius 1 is 1.03 bits per heavy atom. The fraction of sp³-hybridized carbons (Fsp3) is 0.208. The molecule has 0 amide bonds. The van der Waals surface area contributed by atoms with Crippen LogP contribution in [0.2, 0.25) is 0 Å². The molecule has 1 aliphatic rings. The SMILES string of the molecule is O=C([O-])C=CC(=O)[O-].OC1CCCc2nc3ccccc3c(NCc3ccccc3)c21. The van der Waals surface area contributed by atoms with Gasteiger partial charge in [0.15, 0.2) is 0 Å². The van der Waals surface area contributed by atoms with E-state index in [9.17, 15) is 24.9 Å². The molecule has 2 N–H and O–H groups in total. The molecular formula is C24H22N2O5-2. The first kappa shape index (κ1) is 22.0. The van der Waals surface area contributed by atoms with Gasteiger partial charge in [-0.25, -0.2) is 0 Å². The Morgan fingerprint density at radius 3 is 2.35 bits per heavy atom. The number of hydrogen-bond donors (Lipinski definition) is 2. The van der Waals surface area contributed by atoms with Crippen LogP contribution in [-0.4, -0.2) is 22.0 Å². The van der Waals surface area contributed by atoms with E-state index in [0.29, 0.717) is 12.2 Å². The molecule has 0 spiro atoms. The van der Waals surface area contributed by atoms with Gasteiger partial charge in [0.25, 0.3) is 0 Å². The quantitative estimate of drug-likeness (QED) is 0.598. The van der Waals surface area contributed by atoms with E-state index in [0.717, 1.165) is 53.7 Å². The smallest absolute Gasteiger partial charge is 0.0828 e. The second kappa shape index (κ2) is 10.4. The van der Waals surface area contributed by atoms with Crippen molar-refractivity contribution in [3.05, 3.63) is 83.6 Å². The molecule has 2 aromatic carbocycles. The summed E-state index contributed by atoms with van der Waals surface area (Å²) in [5.74, 6) is -3.09. The number of anilines is 1. The number of aliphatic hydroxyl groups excluding tert-OH is 1. The van der Waals surface area contributed by atoms with Crippen LogP contribution in [0, 0.1) is 0 Å². The number of fused-ring (bicyclic) bond motifs is 2. The summed E-state index contributed by atoms with van der Waals surface area (Å²) in [7, 11) is 0. The topological polar surface area (TPSA) is 125 Å². The molecule has 160 valence electrons. The van der Waals surface area contributed by atoms with Crippen LogP contribution in [-0.2, 0) is 22.6 Å². The normalized spacial score (nSPS) is 15.1. The first-order valence-electron chi connectivity index (χ1n) is 9.93. The molecule has 3 aromatic rings. The minimum absolute atomic E-state index is 0.384. The Kier molecular flexibility index (Phi) is 7.35. The lowest BCUT2D eigenvalue weighted by atomic mass is 9.90. The Hall–Kier alpha value is -3.71. The van der Waals surface area contributed by atoms with Gasteiger partial charge in [0.1, 0.15) is 0 Å². The van der Waals surface area contributed by atoms with Crippen molar-refractivity contribution in [2.45, 2.75) is 31.9 Å². The third-order valence-electron chi connectivity index (χ3n) is 4.90. The van der Waals surface area contributed by atoms with Crippen molar-refractivity contribution in [3.63, 3.8) is 0 Å². The number of aliphatic hydroxyl groups is 1. The molecule has 7 heteroatoms. The van der Waals surface area contributed by atoms with E-state index in [1.54, 1.807) is 0 Å². The maximum atomic E-state index is 10.5. The monoisotopic (exact) mass is 418 g/mol. The standard InChI is InChI=1S/C20H20N2O.C4H4O4/c23-18-12-6-11-17-19(18)20(15-9-4-5-10-16(15)22-17)21-13-14-7-2-1-3-8-14;5-3(6)1-2-4(7)8/h1-5,7-10,18,23H,6,11-13H2,(H,21,22);1-2H,(H,5,6)(H,7,8)/p-2. The van der Waals surface area contributed by atoms with Crippen LogP contribution < -0.4 is 15.5 Å². The molecule has 1 aliphatic carbocycles. The zero-order valence-electron chi connectivity index (χ0n) is 16.8. The third-order valence-corrected chi connectivity index (χ3v) is 4.90.